The van der Waals surface area contributed by atoms with Crippen LogP contribution in [0.5, 0.6) is 5.88 Å². The van der Waals surface area contributed by atoms with E-state index in [4.69, 9.17) is 16.3 Å². The van der Waals surface area contributed by atoms with Gasteiger partial charge >= 0.3 is 0 Å². The second-order valence-electron chi connectivity index (χ2n) is 6.23. The van der Waals surface area contributed by atoms with Crippen molar-refractivity contribution in [3.63, 3.8) is 0 Å². The molecule has 3 aromatic rings. The van der Waals surface area contributed by atoms with Gasteiger partial charge in [-0.15, -0.1) is 4.80 Å². The van der Waals surface area contributed by atoms with Gasteiger partial charge in [0, 0.05) is 24.5 Å². The maximum atomic E-state index is 13.3. The van der Waals surface area contributed by atoms with Crippen molar-refractivity contribution in [1.82, 2.24) is 29.9 Å². The van der Waals surface area contributed by atoms with Crippen molar-refractivity contribution in [3.8, 4) is 11.6 Å². The number of rotatable bonds is 7. The van der Waals surface area contributed by atoms with Crippen LogP contribution < -0.4 is 4.74 Å². The van der Waals surface area contributed by atoms with E-state index in [1.54, 1.807) is 41.7 Å². The average Bonchev–Trinajstić information content (AvgIpc) is 3.22. The summed E-state index contributed by atoms with van der Waals surface area (Å²) in [6, 6.07) is 4.97. The molecule has 8 nitrogen and oxygen atoms in total. The number of amides is 1. The summed E-state index contributed by atoms with van der Waals surface area (Å²) >= 11 is 5.84. The fourth-order valence-corrected chi connectivity index (χ4v) is 2.89. The topological polar surface area (TPSA) is 86.0 Å². The summed E-state index contributed by atoms with van der Waals surface area (Å²) in [6.45, 7) is 6.51. The van der Waals surface area contributed by atoms with Gasteiger partial charge < -0.3 is 9.64 Å². The molecule has 3 rings (SSSR count). The molecule has 0 saturated carbocycles. The smallest absolute Gasteiger partial charge is 0.256 e. The number of nitrogens with zero attached hydrogens (tertiary/aromatic N) is 6. The molecule has 146 valence electrons. The lowest BCUT2D eigenvalue weighted by atomic mass is 10.1. The predicted octanol–water partition coefficient (Wildman–Crippen LogP) is 2.95. The first-order valence-corrected chi connectivity index (χ1v) is 9.26. The summed E-state index contributed by atoms with van der Waals surface area (Å²) in [7, 11) is 0. The molecule has 0 spiro atoms. The van der Waals surface area contributed by atoms with Gasteiger partial charge in [0.15, 0.2) is 0 Å². The van der Waals surface area contributed by atoms with E-state index >= 15 is 0 Å². The molecule has 28 heavy (non-hydrogen) atoms. The standard InChI is InChI=1S/C19H21ClN6O2/c1-4-25(14(3)12-28-18-6-5-15(20)10-22-18)19(27)16-9-13(2)21-11-17(16)26-23-7-8-24-26/h5-11,14H,4,12H2,1-3H3. The number of hydrogen-bond acceptors (Lipinski definition) is 6. The Morgan fingerprint density at radius 2 is 2.00 bits per heavy atom. The zero-order chi connectivity index (χ0) is 20.1. The van der Waals surface area contributed by atoms with Gasteiger partial charge in [0.2, 0.25) is 5.88 Å². The molecule has 0 saturated heterocycles. The number of carbonyl (C=O) groups excluding carboxylic acids is 1. The molecule has 0 aliphatic carbocycles. The largest absolute Gasteiger partial charge is 0.475 e. The van der Waals surface area contributed by atoms with Crippen molar-refractivity contribution in [2.45, 2.75) is 26.8 Å². The first kappa shape index (κ1) is 19.8. The molecule has 0 radical (unpaired) electrons. The van der Waals surface area contributed by atoms with E-state index < -0.39 is 0 Å². The monoisotopic (exact) mass is 400 g/mol. The molecular formula is C19H21ClN6O2. The van der Waals surface area contributed by atoms with Crippen LogP contribution in [0.25, 0.3) is 5.69 Å². The lowest BCUT2D eigenvalue weighted by molar-refractivity contribution is 0.0646. The third kappa shape index (κ3) is 4.45. The van der Waals surface area contributed by atoms with Crippen molar-refractivity contribution in [3.05, 3.63) is 59.3 Å². The Kier molecular flexibility index (Phi) is 6.20. The Labute approximate surface area is 168 Å². The lowest BCUT2D eigenvalue weighted by Gasteiger charge is -2.28. The fraction of sp³-hybridized carbons (Fsp3) is 0.316. The number of halogens is 1. The van der Waals surface area contributed by atoms with Crippen LogP contribution in [0, 0.1) is 6.92 Å². The number of aryl methyl sites for hydroxylation is 1. The summed E-state index contributed by atoms with van der Waals surface area (Å²) in [5.74, 6) is 0.321. The minimum Gasteiger partial charge on any atom is -0.475 e. The highest BCUT2D eigenvalue weighted by atomic mass is 35.5. The lowest BCUT2D eigenvalue weighted by Crippen LogP contribution is -2.42. The van der Waals surface area contributed by atoms with Crippen LogP contribution >= 0.6 is 11.6 Å². The predicted molar refractivity (Wildman–Crippen MR) is 105 cm³/mol. The second-order valence-corrected chi connectivity index (χ2v) is 6.66. The highest BCUT2D eigenvalue weighted by molar-refractivity contribution is 6.30. The summed E-state index contributed by atoms with van der Waals surface area (Å²) in [4.78, 5) is 24.8. The molecule has 0 N–H and O–H groups in total. The molecule has 1 unspecified atom stereocenters. The first-order chi connectivity index (χ1) is 13.5. The Morgan fingerprint density at radius 1 is 1.25 bits per heavy atom. The zero-order valence-electron chi connectivity index (χ0n) is 15.9. The van der Waals surface area contributed by atoms with Gasteiger partial charge in [0.05, 0.1) is 35.2 Å². The Hall–Kier alpha value is -3.00. The van der Waals surface area contributed by atoms with E-state index in [0.29, 0.717) is 35.3 Å². The number of pyridine rings is 2. The number of aromatic nitrogens is 5. The highest BCUT2D eigenvalue weighted by Crippen LogP contribution is 2.18. The van der Waals surface area contributed by atoms with Crippen LogP contribution in [0.15, 0.2) is 43.0 Å². The maximum absolute atomic E-state index is 13.3. The van der Waals surface area contributed by atoms with Gasteiger partial charge in [0.1, 0.15) is 12.3 Å². The molecule has 0 aliphatic heterocycles. The van der Waals surface area contributed by atoms with Gasteiger partial charge in [-0.1, -0.05) is 11.6 Å². The maximum Gasteiger partial charge on any atom is 0.256 e. The van der Waals surface area contributed by atoms with E-state index in [2.05, 4.69) is 20.2 Å². The second kappa shape index (κ2) is 8.79. The molecule has 1 atom stereocenters. The van der Waals surface area contributed by atoms with Crippen molar-refractivity contribution in [2.75, 3.05) is 13.2 Å². The van der Waals surface area contributed by atoms with Crippen LogP contribution in [0.1, 0.15) is 29.9 Å². The van der Waals surface area contributed by atoms with Crippen LogP contribution in [0.4, 0.5) is 0 Å². The number of likely N-dealkylation sites (N-methyl/N-ethyl adjacent to an activating group) is 1. The Morgan fingerprint density at radius 3 is 2.64 bits per heavy atom. The van der Waals surface area contributed by atoms with Crippen molar-refractivity contribution in [2.24, 2.45) is 0 Å². The minimum absolute atomic E-state index is 0.138. The van der Waals surface area contributed by atoms with E-state index in [-0.39, 0.29) is 11.9 Å². The summed E-state index contributed by atoms with van der Waals surface area (Å²) in [5.41, 5.74) is 1.76. The zero-order valence-corrected chi connectivity index (χ0v) is 16.7. The molecule has 0 fully saturated rings. The van der Waals surface area contributed by atoms with Crippen molar-refractivity contribution < 1.29 is 9.53 Å². The van der Waals surface area contributed by atoms with Crippen LogP contribution in [-0.4, -0.2) is 55.0 Å². The van der Waals surface area contributed by atoms with E-state index in [0.717, 1.165) is 5.69 Å². The fourth-order valence-electron chi connectivity index (χ4n) is 2.78. The summed E-state index contributed by atoms with van der Waals surface area (Å²) in [5, 5.41) is 8.79. The van der Waals surface area contributed by atoms with E-state index in [1.807, 2.05) is 20.8 Å². The SMILES string of the molecule is CCN(C(=O)c1cc(C)ncc1-n1nccn1)C(C)COc1ccc(Cl)cn1. The number of carbonyl (C=O) groups is 1. The summed E-state index contributed by atoms with van der Waals surface area (Å²) < 4.78 is 5.71. The molecule has 3 aromatic heterocycles. The van der Waals surface area contributed by atoms with E-state index in [9.17, 15) is 4.79 Å². The van der Waals surface area contributed by atoms with Crippen LogP contribution in [0.2, 0.25) is 5.02 Å². The molecule has 0 aromatic carbocycles. The van der Waals surface area contributed by atoms with Gasteiger partial charge in [0.25, 0.3) is 5.91 Å². The molecule has 1 amide bonds. The third-order valence-electron chi connectivity index (χ3n) is 4.19. The normalized spacial score (nSPS) is 11.9. The molecule has 0 aliphatic rings. The van der Waals surface area contributed by atoms with E-state index in [1.165, 1.54) is 11.0 Å². The van der Waals surface area contributed by atoms with Gasteiger partial charge in [-0.2, -0.15) is 10.2 Å². The molecule has 3 heterocycles. The summed E-state index contributed by atoms with van der Waals surface area (Å²) in [6.07, 6.45) is 6.24. The first-order valence-electron chi connectivity index (χ1n) is 8.88. The van der Waals surface area contributed by atoms with Crippen LogP contribution in [0.3, 0.4) is 0 Å². The molecular weight excluding hydrogens is 380 g/mol. The Bertz CT molecular complexity index is 930. The van der Waals surface area contributed by atoms with Gasteiger partial charge in [-0.05, 0) is 32.9 Å². The van der Waals surface area contributed by atoms with Gasteiger partial charge in [-0.25, -0.2) is 4.98 Å². The third-order valence-corrected chi connectivity index (χ3v) is 4.41. The van der Waals surface area contributed by atoms with Gasteiger partial charge in [-0.3, -0.25) is 9.78 Å². The minimum atomic E-state index is -0.179. The molecule has 0 bridgehead atoms. The van der Waals surface area contributed by atoms with Crippen molar-refractivity contribution >= 4 is 17.5 Å². The number of ether oxygens (including phenoxy) is 1. The van der Waals surface area contributed by atoms with Crippen LogP contribution in [-0.2, 0) is 0 Å². The average molecular weight is 401 g/mol. The quantitative estimate of drug-likeness (QED) is 0.606. The number of hydrogen-bond donors (Lipinski definition) is 0. The Balaban J connectivity index is 1.79. The van der Waals surface area contributed by atoms with Crippen molar-refractivity contribution in [1.29, 1.82) is 0 Å². The molecule has 9 heteroatoms. The highest BCUT2D eigenvalue weighted by Gasteiger charge is 2.24.